The number of carbonyl (C=O) groups excluding carboxylic acids is 2. The van der Waals surface area contributed by atoms with Crippen LogP contribution in [0.1, 0.15) is 78.7 Å². The quantitative estimate of drug-likeness (QED) is 0.281. The molecule has 0 aromatic heterocycles. The van der Waals surface area contributed by atoms with E-state index in [1.165, 1.54) is 32.1 Å². The zero-order chi connectivity index (χ0) is 31.5. The lowest BCUT2D eigenvalue weighted by Crippen LogP contribution is -2.52. The van der Waals surface area contributed by atoms with Crippen LogP contribution in [0.4, 0.5) is 0 Å². The van der Waals surface area contributed by atoms with Crippen LogP contribution in [-0.2, 0) is 25.8 Å². The summed E-state index contributed by atoms with van der Waals surface area (Å²) in [6.07, 6.45) is 16.1. The predicted octanol–water partition coefficient (Wildman–Crippen LogP) is 3.83. The molecule has 41 heavy (non-hydrogen) atoms. The van der Waals surface area contributed by atoms with E-state index in [9.17, 15) is 23.1 Å². The normalized spacial score (nSPS) is 20.0. The average Bonchev–Trinajstić information content (AvgIpc) is 2.93. The number of hydrogen-bond donors (Lipinski definition) is 3. The van der Waals surface area contributed by atoms with E-state index in [-0.39, 0.29) is 23.6 Å². The fraction of sp³-hybridized carbons (Fsp3) is 0.688. The molecule has 1 aliphatic heterocycles. The Bertz CT molecular complexity index is 976. The Labute approximate surface area is 250 Å². The number of nitrogens with one attached hydrogen (secondary N) is 2. The third kappa shape index (κ3) is 17.9. The lowest BCUT2D eigenvalue weighted by molar-refractivity contribution is -0.122. The number of amides is 2. The fourth-order valence-electron chi connectivity index (χ4n) is 5.12. The van der Waals surface area contributed by atoms with Crippen molar-refractivity contribution in [1.29, 1.82) is 0 Å². The number of β-amino-alcohol motifs (C(OH)–C–C–N with tert-alkyl or cyclic N) is 1. The molecule has 1 saturated carbocycles. The lowest BCUT2D eigenvalue weighted by Gasteiger charge is -2.42. The second-order valence-electron chi connectivity index (χ2n) is 11.7. The van der Waals surface area contributed by atoms with Crippen LogP contribution in [0.5, 0.6) is 0 Å². The molecule has 2 amide bonds. The van der Waals surface area contributed by atoms with Crippen LogP contribution in [0.25, 0.3) is 0 Å². The molecule has 2 aliphatic rings. The van der Waals surface area contributed by atoms with Crippen LogP contribution in [0.2, 0.25) is 0 Å². The Morgan fingerprint density at radius 3 is 2.20 bits per heavy atom. The van der Waals surface area contributed by atoms with E-state index in [0.29, 0.717) is 19.4 Å². The van der Waals surface area contributed by atoms with Gasteiger partial charge in [-0.2, -0.15) is 0 Å². The molecule has 0 unspecified atom stereocenters. The molecule has 8 nitrogen and oxygen atoms in total. The first-order valence-electron chi connectivity index (χ1n) is 14.8. The Morgan fingerprint density at radius 1 is 1.10 bits per heavy atom. The van der Waals surface area contributed by atoms with Gasteiger partial charge in [-0.25, -0.2) is 8.42 Å². The summed E-state index contributed by atoms with van der Waals surface area (Å²) in [6, 6.07) is 9.35. The molecule has 0 bridgehead atoms. The van der Waals surface area contributed by atoms with Gasteiger partial charge in [-0.1, -0.05) is 63.4 Å². The van der Waals surface area contributed by atoms with E-state index in [1.807, 2.05) is 65.0 Å². The second-order valence-corrected chi connectivity index (χ2v) is 13.9. The summed E-state index contributed by atoms with van der Waals surface area (Å²) in [6.45, 7) is 12.4. The molecule has 0 radical (unpaired) electrons. The molecule has 4 atom stereocenters. The SMILES string of the molecule is C#C.CC.CC(C)(C)NC=O.CS(=O)(=O)CCC(=O)N[C@@H](Cc1ccccc1)[C@H](O)CN1CC[C@@H]2CCCC[C@@H]2C1. The minimum atomic E-state index is -3.20. The molecule has 1 saturated heterocycles. The average molecular weight is 594 g/mol. The van der Waals surface area contributed by atoms with Crippen molar-refractivity contribution in [2.24, 2.45) is 11.8 Å². The van der Waals surface area contributed by atoms with Crippen molar-refractivity contribution >= 4 is 22.2 Å². The van der Waals surface area contributed by atoms with Crippen molar-refractivity contribution in [3.8, 4) is 12.8 Å². The number of rotatable bonds is 10. The third-order valence-corrected chi connectivity index (χ3v) is 8.07. The van der Waals surface area contributed by atoms with E-state index < -0.39 is 22.0 Å². The van der Waals surface area contributed by atoms with Crippen molar-refractivity contribution in [3.63, 3.8) is 0 Å². The van der Waals surface area contributed by atoms with Crippen molar-refractivity contribution < 1.29 is 23.1 Å². The van der Waals surface area contributed by atoms with Crippen molar-refractivity contribution in [2.45, 2.75) is 97.2 Å². The van der Waals surface area contributed by atoms with Gasteiger partial charge in [0, 0.05) is 31.3 Å². The largest absolute Gasteiger partial charge is 0.390 e. The minimum Gasteiger partial charge on any atom is -0.390 e. The summed E-state index contributed by atoms with van der Waals surface area (Å²) in [5.41, 5.74) is 0.970. The molecule has 3 rings (SSSR count). The second kappa shape index (κ2) is 20.5. The summed E-state index contributed by atoms with van der Waals surface area (Å²) in [5, 5.41) is 16.5. The smallest absolute Gasteiger partial charge is 0.221 e. The minimum absolute atomic E-state index is 0.0677. The number of terminal acetylenes is 1. The number of sulfone groups is 1. The maximum Gasteiger partial charge on any atom is 0.221 e. The molecule has 1 heterocycles. The van der Waals surface area contributed by atoms with E-state index in [4.69, 9.17) is 0 Å². The predicted molar refractivity (Wildman–Crippen MR) is 169 cm³/mol. The monoisotopic (exact) mass is 593 g/mol. The topological polar surface area (TPSA) is 116 Å². The van der Waals surface area contributed by atoms with Crippen LogP contribution in [-0.4, -0.2) is 80.1 Å². The molecular weight excluding hydrogens is 538 g/mol. The maximum atomic E-state index is 12.4. The number of fused-ring (bicyclic) bond motifs is 1. The molecule has 234 valence electrons. The van der Waals surface area contributed by atoms with Crippen LogP contribution < -0.4 is 10.6 Å². The highest BCUT2D eigenvalue weighted by Gasteiger charge is 2.33. The number of aliphatic hydroxyl groups is 1. The van der Waals surface area contributed by atoms with E-state index >= 15 is 0 Å². The molecule has 9 heteroatoms. The van der Waals surface area contributed by atoms with Crippen molar-refractivity contribution in [1.82, 2.24) is 15.5 Å². The number of nitrogens with zero attached hydrogens (tertiary/aromatic N) is 1. The summed E-state index contributed by atoms with van der Waals surface area (Å²) in [4.78, 5) is 24.4. The van der Waals surface area contributed by atoms with Crippen LogP contribution in [0.3, 0.4) is 0 Å². The number of benzene rings is 1. The molecule has 1 aromatic carbocycles. The van der Waals surface area contributed by atoms with Crippen LogP contribution >= 0.6 is 0 Å². The first-order valence-corrected chi connectivity index (χ1v) is 16.9. The zero-order valence-electron chi connectivity index (χ0n) is 26.1. The number of carbonyl (C=O) groups is 2. The molecule has 1 aromatic rings. The fourth-order valence-corrected chi connectivity index (χ4v) is 5.68. The Morgan fingerprint density at radius 2 is 1.68 bits per heavy atom. The summed E-state index contributed by atoms with van der Waals surface area (Å²) in [5.74, 6) is 1.06. The Balaban J connectivity index is 0.00000125. The summed E-state index contributed by atoms with van der Waals surface area (Å²) >= 11 is 0. The van der Waals surface area contributed by atoms with Gasteiger partial charge in [-0.05, 0) is 64.0 Å². The standard InChI is InChI=1S/C23H36N2O4S.C5H11NO.C2H6.C2H2/c1-30(28,29)14-12-23(27)24-21(15-18-7-3-2-4-8-18)22(26)17-25-13-11-19-9-5-6-10-20(19)16-25;1-5(2,3)6-4-7;2*1-2/h2-4,7-8,19-22,26H,5-6,9-17H2,1H3,(H,24,27);4H,1-3H3,(H,6,7);1-2H3;1-2H/t19-,20+,21-,22+;;;/m0.../s1. The van der Waals surface area contributed by atoms with Gasteiger partial charge in [0.2, 0.25) is 12.3 Å². The summed E-state index contributed by atoms with van der Waals surface area (Å²) < 4.78 is 22.8. The molecule has 0 spiro atoms. The number of hydrogen-bond acceptors (Lipinski definition) is 6. The molecule has 1 aliphatic carbocycles. The number of likely N-dealkylation sites (tertiary alicyclic amines) is 1. The first-order chi connectivity index (χ1) is 19.4. The number of aliphatic hydroxyl groups excluding tert-OH is 1. The third-order valence-electron chi connectivity index (χ3n) is 7.12. The molecule has 3 N–H and O–H groups in total. The Hall–Kier alpha value is -2.41. The lowest BCUT2D eigenvalue weighted by atomic mass is 9.75. The van der Waals surface area contributed by atoms with Gasteiger partial charge in [0.05, 0.1) is 17.9 Å². The van der Waals surface area contributed by atoms with Gasteiger partial charge in [0.25, 0.3) is 0 Å². The highest BCUT2D eigenvalue weighted by Crippen LogP contribution is 2.36. The number of piperidine rings is 1. The van der Waals surface area contributed by atoms with Crippen molar-refractivity contribution in [3.05, 3.63) is 35.9 Å². The molecule has 2 fully saturated rings. The highest BCUT2D eigenvalue weighted by molar-refractivity contribution is 7.90. The van der Waals surface area contributed by atoms with Gasteiger partial charge in [-0.15, -0.1) is 12.8 Å². The Kier molecular flexibility index (Phi) is 19.3. The van der Waals surface area contributed by atoms with Crippen LogP contribution in [0, 0.1) is 24.7 Å². The maximum absolute atomic E-state index is 12.4. The van der Waals surface area contributed by atoms with Gasteiger partial charge < -0.3 is 20.6 Å². The zero-order valence-corrected chi connectivity index (χ0v) is 27.0. The van der Waals surface area contributed by atoms with E-state index in [1.54, 1.807) is 0 Å². The van der Waals surface area contributed by atoms with Gasteiger partial charge >= 0.3 is 0 Å². The first kappa shape index (κ1) is 38.6. The van der Waals surface area contributed by atoms with Gasteiger partial charge in [0.15, 0.2) is 0 Å². The highest BCUT2D eigenvalue weighted by atomic mass is 32.2. The summed E-state index contributed by atoms with van der Waals surface area (Å²) in [7, 11) is -3.20. The van der Waals surface area contributed by atoms with E-state index in [0.717, 1.165) is 36.7 Å². The van der Waals surface area contributed by atoms with Gasteiger partial charge in [-0.3, -0.25) is 9.59 Å². The van der Waals surface area contributed by atoms with Crippen LogP contribution in [0.15, 0.2) is 30.3 Å². The van der Waals surface area contributed by atoms with E-state index in [2.05, 4.69) is 28.4 Å². The molecular formula is C32H55N3O5S. The van der Waals surface area contributed by atoms with Crippen molar-refractivity contribution in [2.75, 3.05) is 31.6 Å². The van der Waals surface area contributed by atoms with Gasteiger partial charge in [0.1, 0.15) is 9.84 Å².